The van der Waals surface area contributed by atoms with E-state index in [1.54, 1.807) is 26.0 Å². The second kappa shape index (κ2) is 8.05. The number of nitrogens with one attached hydrogen (secondary N) is 2. The molecular formula is C19H19N3O7. The van der Waals surface area contributed by atoms with Crippen molar-refractivity contribution < 1.29 is 28.4 Å². The van der Waals surface area contributed by atoms with Gasteiger partial charge in [-0.3, -0.25) is 10.1 Å². The SMILES string of the molecule is CCOC(=O)C1=C(C)NC(=O)N[C@@H]1c1ccc(-c2ccc(OC)cc2[N+](=O)[O-])o1. The molecule has 10 heteroatoms. The van der Waals surface area contributed by atoms with Crippen LogP contribution < -0.4 is 15.4 Å². The number of amides is 2. The van der Waals surface area contributed by atoms with Gasteiger partial charge in [0, 0.05) is 5.70 Å². The third-order valence-electron chi connectivity index (χ3n) is 4.34. The molecule has 1 atom stereocenters. The number of nitrogens with zero attached hydrogens (tertiary/aromatic N) is 1. The van der Waals surface area contributed by atoms with Crippen LogP contribution in [0.4, 0.5) is 10.5 Å². The number of carbonyl (C=O) groups excluding carboxylic acids is 2. The zero-order valence-corrected chi connectivity index (χ0v) is 16.0. The van der Waals surface area contributed by atoms with Crippen molar-refractivity contribution in [3.8, 4) is 17.1 Å². The molecule has 2 aromatic rings. The molecule has 2 N–H and O–H groups in total. The lowest BCUT2D eigenvalue weighted by atomic mass is 10.0. The Labute approximate surface area is 165 Å². The average Bonchev–Trinajstić information content (AvgIpc) is 3.16. The standard InChI is InChI=1S/C19H19N3O7/c1-4-28-18(23)16-10(2)20-19(24)21-17(16)15-8-7-14(29-15)12-6-5-11(27-3)9-13(12)22(25)26/h5-9,17H,4H2,1-3H3,(H2,20,21,24)/t17-/m1/s1. The summed E-state index contributed by atoms with van der Waals surface area (Å²) in [6.45, 7) is 3.42. The van der Waals surface area contributed by atoms with Gasteiger partial charge in [0.15, 0.2) is 0 Å². The maximum absolute atomic E-state index is 12.4. The van der Waals surface area contributed by atoms with E-state index in [9.17, 15) is 19.7 Å². The molecule has 0 unspecified atom stereocenters. The van der Waals surface area contributed by atoms with Crippen molar-refractivity contribution >= 4 is 17.7 Å². The van der Waals surface area contributed by atoms with E-state index in [1.807, 2.05) is 0 Å². The Kier molecular flexibility index (Phi) is 5.53. The minimum atomic E-state index is -0.895. The average molecular weight is 401 g/mol. The lowest BCUT2D eigenvalue weighted by Gasteiger charge is -2.26. The van der Waals surface area contributed by atoms with Gasteiger partial charge in [-0.15, -0.1) is 0 Å². The summed E-state index contributed by atoms with van der Waals surface area (Å²) in [5.41, 5.74) is 0.569. The Morgan fingerprint density at radius 1 is 1.31 bits per heavy atom. The zero-order valence-electron chi connectivity index (χ0n) is 16.0. The van der Waals surface area contributed by atoms with Crippen LogP contribution in [-0.2, 0) is 9.53 Å². The molecule has 0 bridgehead atoms. The summed E-state index contributed by atoms with van der Waals surface area (Å²) in [4.78, 5) is 35.2. The number of furan rings is 1. The normalized spacial score (nSPS) is 16.1. The molecule has 0 saturated heterocycles. The number of urea groups is 1. The number of nitro groups is 1. The fourth-order valence-corrected chi connectivity index (χ4v) is 3.04. The number of methoxy groups -OCH3 is 1. The zero-order chi connectivity index (χ0) is 21.1. The number of esters is 1. The highest BCUT2D eigenvalue weighted by atomic mass is 16.6. The van der Waals surface area contributed by atoms with E-state index in [0.29, 0.717) is 11.4 Å². The molecule has 1 aromatic heterocycles. The first kappa shape index (κ1) is 19.9. The third-order valence-corrected chi connectivity index (χ3v) is 4.34. The summed E-state index contributed by atoms with van der Waals surface area (Å²) >= 11 is 0. The van der Waals surface area contributed by atoms with E-state index in [0.717, 1.165) is 0 Å². The molecule has 1 aliphatic rings. The summed E-state index contributed by atoms with van der Waals surface area (Å²) in [5.74, 6) is 0.183. The first-order valence-electron chi connectivity index (χ1n) is 8.73. The Bertz CT molecular complexity index is 1010. The highest BCUT2D eigenvalue weighted by Gasteiger charge is 2.34. The predicted molar refractivity (Wildman–Crippen MR) is 101 cm³/mol. The van der Waals surface area contributed by atoms with E-state index in [1.165, 1.54) is 25.3 Å². The number of hydrogen-bond acceptors (Lipinski definition) is 7. The van der Waals surface area contributed by atoms with Crippen LogP contribution in [0.3, 0.4) is 0 Å². The Morgan fingerprint density at radius 3 is 2.72 bits per heavy atom. The second-order valence-electron chi connectivity index (χ2n) is 6.13. The summed E-state index contributed by atoms with van der Waals surface area (Å²) in [6, 6.07) is 6.06. The van der Waals surface area contributed by atoms with Crippen molar-refractivity contribution in [2.75, 3.05) is 13.7 Å². The Balaban J connectivity index is 2.03. The molecule has 2 heterocycles. The van der Waals surface area contributed by atoms with Gasteiger partial charge in [0.2, 0.25) is 0 Å². The number of nitro benzene ring substituents is 1. The lowest BCUT2D eigenvalue weighted by molar-refractivity contribution is -0.384. The van der Waals surface area contributed by atoms with Gasteiger partial charge in [0.05, 0.1) is 35.8 Å². The van der Waals surface area contributed by atoms with Gasteiger partial charge in [0.25, 0.3) is 5.69 Å². The molecule has 1 aromatic carbocycles. The molecule has 0 saturated carbocycles. The van der Waals surface area contributed by atoms with E-state index in [-0.39, 0.29) is 35.0 Å². The third kappa shape index (κ3) is 3.91. The summed E-state index contributed by atoms with van der Waals surface area (Å²) in [5, 5.41) is 16.6. The molecule has 0 aliphatic carbocycles. The van der Waals surface area contributed by atoms with Crippen LogP contribution in [0.15, 0.2) is 46.0 Å². The largest absolute Gasteiger partial charge is 0.497 e. The Morgan fingerprint density at radius 2 is 2.07 bits per heavy atom. The quantitative estimate of drug-likeness (QED) is 0.432. The van der Waals surface area contributed by atoms with E-state index in [4.69, 9.17) is 13.9 Å². The van der Waals surface area contributed by atoms with Gasteiger partial charge in [-0.1, -0.05) is 0 Å². The van der Waals surface area contributed by atoms with Crippen molar-refractivity contribution in [1.29, 1.82) is 0 Å². The monoisotopic (exact) mass is 401 g/mol. The first-order chi connectivity index (χ1) is 13.8. The van der Waals surface area contributed by atoms with Gasteiger partial charge in [0.1, 0.15) is 23.3 Å². The topological polar surface area (TPSA) is 133 Å². The molecule has 3 rings (SSSR count). The molecule has 0 radical (unpaired) electrons. The van der Waals surface area contributed by atoms with Gasteiger partial charge in [-0.2, -0.15) is 0 Å². The van der Waals surface area contributed by atoms with Crippen molar-refractivity contribution in [2.45, 2.75) is 19.9 Å². The van der Waals surface area contributed by atoms with Crippen LogP contribution in [0.5, 0.6) is 5.75 Å². The van der Waals surface area contributed by atoms with Crippen molar-refractivity contribution in [3.63, 3.8) is 0 Å². The number of carbonyl (C=O) groups is 2. The summed E-state index contributed by atoms with van der Waals surface area (Å²) < 4.78 is 15.9. The van der Waals surface area contributed by atoms with E-state index in [2.05, 4.69) is 10.6 Å². The molecule has 29 heavy (non-hydrogen) atoms. The molecule has 1 aliphatic heterocycles. The van der Waals surface area contributed by atoms with E-state index < -0.39 is 23.0 Å². The minimum absolute atomic E-state index is 0.164. The van der Waals surface area contributed by atoms with Crippen LogP contribution in [0.2, 0.25) is 0 Å². The fraction of sp³-hybridized carbons (Fsp3) is 0.263. The maximum atomic E-state index is 12.4. The fourth-order valence-electron chi connectivity index (χ4n) is 3.04. The van der Waals surface area contributed by atoms with Crippen LogP contribution in [-0.4, -0.2) is 30.6 Å². The highest BCUT2D eigenvalue weighted by molar-refractivity contribution is 5.94. The molecule has 0 fully saturated rings. The Hall–Kier alpha value is -3.82. The molecule has 10 nitrogen and oxygen atoms in total. The van der Waals surface area contributed by atoms with Crippen LogP contribution >= 0.6 is 0 Å². The molecular weight excluding hydrogens is 382 g/mol. The van der Waals surface area contributed by atoms with Crippen LogP contribution in [0.25, 0.3) is 11.3 Å². The molecule has 0 spiro atoms. The molecule has 152 valence electrons. The van der Waals surface area contributed by atoms with Gasteiger partial charge in [-0.05, 0) is 38.1 Å². The van der Waals surface area contributed by atoms with Crippen LogP contribution in [0, 0.1) is 10.1 Å². The van der Waals surface area contributed by atoms with Crippen molar-refractivity contribution in [1.82, 2.24) is 10.6 Å². The predicted octanol–water partition coefficient (Wildman–Crippen LogP) is 3.05. The second-order valence-corrected chi connectivity index (χ2v) is 6.13. The number of rotatable bonds is 6. The smallest absolute Gasteiger partial charge is 0.338 e. The van der Waals surface area contributed by atoms with E-state index >= 15 is 0 Å². The lowest BCUT2D eigenvalue weighted by Crippen LogP contribution is -2.45. The summed E-state index contributed by atoms with van der Waals surface area (Å²) in [7, 11) is 1.41. The van der Waals surface area contributed by atoms with Crippen molar-refractivity contribution in [3.05, 3.63) is 57.5 Å². The van der Waals surface area contributed by atoms with Crippen LogP contribution in [0.1, 0.15) is 25.6 Å². The number of hydrogen-bond donors (Lipinski definition) is 2. The van der Waals surface area contributed by atoms with Gasteiger partial charge < -0.3 is 24.5 Å². The van der Waals surface area contributed by atoms with Crippen molar-refractivity contribution in [2.24, 2.45) is 0 Å². The summed E-state index contributed by atoms with van der Waals surface area (Å²) in [6.07, 6.45) is 0. The maximum Gasteiger partial charge on any atom is 0.338 e. The minimum Gasteiger partial charge on any atom is -0.497 e. The highest BCUT2D eigenvalue weighted by Crippen LogP contribution is 2.37. The first-order valence-corrected chi connectivity index (χ1v) is 8.73. The van der Waals surface area contributed by atoms with Gasteiger partial charge in [-0.25, -0.2) is 9.59 Å². The number of allylic oxidation sites excluding steroid dienone is 1. The van der Waals surface area contributed by atoms with Gasteiger partial charge >= 0.3 is 12.0 Å². The number of benzene rings is 1. The molecule has 2 amide bonds. The number of ether oxygens (including phenoxy) is 2.